The van der Waals surface area contributed by atoms with Crippen molar-refractivity contribution in [2.45, 2.75) is 40.8 Å². The summed E-state index contributed by atoms with van der Waals surface area (Å²) >= 11 is 0. The summed E-state index contributed by atoms with van der Waals surface area (Å²) in [7, 11) is 0. The van der Waals surface area contributed by atoms with Gasteiger partial charge in [-0.2, -0.15) is 5.10 Å². The van der Waals surface area contributed by atoms with Gasteiger partial charge in [0.2, 0.25) is 0 Å². The van der Waals surface area contributed by atoms with Gasteiger partial charge in [-0.05, 0) is 31.4 Å². The fourth-order valence-corrected chi connectivity index (χ4v) is 2.34. The first kappa shape index (κ1) is 17.7. The number of nitrogens with zero attached hydrogens (tertiary/aromatic N) is 3. The predicted octanol–water partition coefficient (Wildman–Crippen LogP) is 1.81. The van der Waals surface area contributed by atoms with Crippen LogP contribution in [0.2, 0.25) is 0 Å². The average Bonchev–Trinajstić information content (AvgIpc) is 2.80. The molecule has 0 aliphatic heterocycles. The van der Waals surface area contributed by atoms with Crippen molar-refractivity contribution in [2.75, 3.05) is 5.32 Å². The summed E-state index contributed by atoms with van der Waals surface area (Å²) in [5.74, 6) is -0.946. The van der Waals surface area contributed by atoms with E-state index in [1.54, 1.807) is 18.5 Å². The SMILES string of the molecule is Cc1nn(CC(C)C)c(C)c1NC(=O)C(=O)NCc1cccnc1. The van der Waals surface area contributed by atoms with Crippen LogP contribution in [0.1, 0.15) is 30.8 Å². The second kappa shape index (κ2) is 7.72. The number of amides is 2. The van der Waals surface area contributed by atoms with E-state index in [0.717, 1.165) is 17.8 Å². The van der Waals surface area contributed by atoms with Gasteiger partial charge in [0.05, 0.1) is 17.1 Å². The van der Waals surface area contributed by atoms with E-state index in [2.05, 4.69) is 34.6 Å². The molecule has 2 amide bonds. The number of nitrogens with one attached hydrogen (secondary N) is 2. The number of aryl methyl sites for hydroxylation is 1. The lowest BCUT2D eigenvalue weighted by Gasteiger charge is -2.09. The highest BCUT2D eigenvalue weighted by molar-refractivity contribution is 6.39. The smallest absolute Gasteiger partial charge is 0.313 e. The van der Waals surface area contributed by atoms with Crippen LogP contribution in [-0.2, 0) is 22.7 Å². The van der Waals surface area contributed by atoms with Crippen molar-refractivity contribution in [3.05, 3.63) is 41.5 Å². The van der Waals surface area contributed by atoms with Gasteiger partial charge in [0.25, 0.3) is 0 Å². The number of carbonyl (C=O) groups is 2. The summed E-state index contributed by atoms with van der Waals surface area (Å²) in [6.45, 7) is 8.90. The molecule has 7 heteroatoms. The van der Waals surface area contributed by atoms with E-state index < -0.39 is 11.8 Å². The van der Waals surface area contributed by atoms with Crippen LogP contribution >= 0.6 is 0 Å². The lowest BCUT2D eigenvalue weighted by Crippen LogP contribution is -2.35. The van der Waals surface area contributed by atoms with Gasteiger partial charge in [-0.25, -0.2) is 0 Å². The van der Waals surface area contributed by atoms with E-state index in [1.165, 1.54) is 0 Å². The first-order valence-electron chi connectivity index (χ1n) is 7.90. The third-order valence-electron chi connectivity index (χ3n) is 3.54. The van der Waals surface area contributed by atoms with Gasteiger partial charge in [-0.3, -0.25) is 19.3 Å². The minimum absolute atomic E-state index is 0.255. The predicted molar refractivity (Wildman–Crippen MR) is 91.3 cm³/mol. The Hall–Kier alpha value is -2.70. The third-order valence-corrected chi connectivity index (χ3v) is 3.54. The van der Waals surface area contributed by atoms with E-state index in [9.17, 15) is 9.59 Å². The second-order valence-electron chi connectivity index (χ2n) is 6.12. The van der Waals surface area contributed by atoms with Crippen molar-refractivity contribution in [3.63, 3.8) is 0 Å². The monoisotopic (exact) mass is 329 g/mol. The molecule has 0 aliphatic carbocycles. The number of anilines is 1. The fraction of sp³-hybridized carbons (Fsp3) is 0.412. The van der Waals surface area contributed by atoms with Crippen molar-refractivity contribution in [1.29, 1.82) is 0 Å². The maximum atomic E-state index is 12.1. The Balaban J connectivity index is 1.99. The molecule has 0 aromatic carbocycles. The Bertz CT molecular complexity index is 722. The molecular formula is C17H23N5O2. The normalized spacial score (nSPS) is 10.7. The Kier molecular flexibility index (Phi) is 5.68. The molecule has 0 aliphatic rings. The third kappa shape index (κ3) is 4.41. The molecule has 128 valence electrons. The quantitative estimate of drug-likeness (QED) is 0.819. The number of aromatic nitrogens is 3. The molecule has 2 N–H and O–H groups in total. The minimum atomic E-state index is -0.700. The van der Waals surface area contributed by atoms with Crippen molar-refractivity contribution >= 4 is 17.5 Å². The van der Waals surface area contributed by atoms with Crippen LogP contribution in [0.15, 0.2) is 24.5 Å². The largest absolute Gasteiger partial charge is 0.344 e. The van der Waals surface area contributed by atoms with Gasteiger partial charge in [0, 0.05) is 25.5 Å². The standard InChI is InChI=1S/C17H23N5O2/c1-11(2)10-22-13(4)15(12(3)21-22)20-17(24)16(23)19-9-14-6-5-7-18-8-14/h5-8,11H,9-10H2,1-4H3,(H,19,23)(H,20,24). The maximum Gasteiger partial charge on any atom is 0.313 e. The molecule has 0 saturated carbocycles. The van der Waals surface area contributed by atoms with Crippen LogP contribution < -0.4 is 10.6 Å². The van der Waals surface area contributed by atoms with Crippen LogP contribution in [0.3, 0.4) is 0 Å². The molecular weight excluding hydrogens is 306 g/mol. The van der Waals surface area contributed by atoms with E-state index >= 15 is 0 Å². The zero-order chi connectivity index (χ0) is 17.7. The molecule has 0 spiro atoms. The Morgan fingerprint density at radius 3 is 2.62 bits per heavy atom. The van der Waals surface area contributed by atoms with Crippen LogP contribution in [-0.4, -0.2) is 26.6 Å². The molecule has 2 heterocycles. The van der Waals surface area contributed by atoms with Crippen LogP contribution in [0, 0.1) is 19.8 Å². The number of hydrogen-bond acceptors (Lipinski definition) is 4. The number of rotatable bonds is 5. The van der Waals surface area contributed by atoms with Gasteiger partial charge in [0.15, 0.2) is 0 Å². The molecule has 2 aromatic rings. The van der Waals surface area contributed by atoms with Crippen LogP contribution in [0.5, 0.6) is 0 Å². The number of hydrogen-bond donors (Lipinski definition) is 2. The van der Waals surface area contributed by atoms with Crippen molar-refractivity contribution < 1.29 is 9.59 Å². The summed E-state index contributed by atoms with van der Waals surface area (Å²) in [6, 6.07) is 3.60. The van der Waals surface area contributed by atoms with Gasteiger partial charge in [-0.15, -0.1) is 0 Å². The van der Waals surface area contributed by atoms with E-state index in [0.29, 0.717) is 17.3 Å². The molecule has 7 nitrogen and oxygen atoms in total. The number of carbonyl (C=O) groups excluding carboxylic acids is 2. The van der Waals surface area contributed by atoms with Crippen molar-refractivity contribution in [2.24, 2.45) is 5.92 Å². The lowest BCUT2D eigenvalue weighted by molar-refractivity contribution is -0.136. The minimum Gasteiger partial charge on any atom is -0.344 e. The fourth-order valence-electron chi connectivity index (χ4n) is 2.34. The molecule has 0 saturated heterocycles. The lowest BCUT2D eigenvalue weighted by atomic mass is 10.2. The highest BCUT2D eigenvalue weighted by atomic mass is 16.2. The molecule has 24 heavy (non-hydrogen) atoms. The molecule has 0 unspecified atom stereocenters. The molecule has 0 bridgehead atoms. The van der Waals surface area contributed by atoms with Crippen LogP contribution in [0.25, 0.3) is 0 Å². The molecule has 2 rings (SSSR count). The summed E-state index contributed by atoms with van der Waals surface area (Å²) in [5.41, 5.74) is 2.96. The van der Waals surface area contributed by atoms with Gasteiger partial charge < -0.3 is 10.6 Å². The van der Waals surface area contributed by atoms with Gasteiger partial charge in [-0.1, -0.05) is 19.9 Å². The Morgan fingerprint density at radius 1 is 1.25 bits per heavy atom. The summed E-state index contributed by atoms with van der Waals surface area (Å²) < 4.78 is 1.85. The van der Waals surface area contributed by atoms with Gasteiger partial charge >= 0.3 is 11.8 Å². The Labute approximate surface area is 141 Å². The highest BCUT2D eigenvalue weighted by Crippen LogP contribution is 2.20. The van der Waals surface area contributed by atoms with Crippen molar-refractivity contribution in [3.8, 4) is 0 Å². The van der Waals surface area contributed by atoms with Crippen LogP contribution in [0.4, 0.5) is 5.69 Å². The topological polar surface area (TPSA) is 88.9 Å². The summed E-state index contributed by atoms with van der Waals surface area (Å²) in [5, 5.41) is 9.66. The van der Waals surface area contributed by atoms with E-state index in [4.69, 9.17) is 0 Å². The number of pyridine rings is 1. The summed E-state index contributed by atoms with van der Waals surface area (Å²) in [6.07, 6.45) is 3.29. The highest BCUT2D eigenvalue weighted by Gasteiger charge is 2.19. The zero-order valence-corrected chi connectivity index (χ0v) is 14.5. The average molecular weight is 329 g/mol. The van der Waals surface area contributed by atoms with E-state index in [-0.39, 0.29) is 6.54 Å². The molecule has 0 fully saturated rings. The first-order valence-corrected chi connectivity index (χ1v) is 7.90. The Morgan fingerprint density at radius 2 is 2.00 bits per heavy atom. The first-order chi connectivity index (χ1) is 11.4. The molecule has 2 aromatic heterocycles. The van der Waals surface area contributed by atoms with E-state index in [1.807, 2.05) is 24.6 Å². The zero-order valence-electron chi connectivity index (χ0n) is 14.5. The van der Waals surface area contributed by atoms with Gasteiger partial charge in [0.1, 0.15) is 0 Å². The second-order valence-corrected chi connectivity index (χ2v) is 6.12. The molecule has 0 radical (unpaired) electrons. The van der Waals surface area contributed by atoms with Crippen molar-refractivity contribution in [1.82, 2.24) is 20.1 Å². The summed E-state index contributed by atoms with van der Waals surface area (Å²) in [4.78, 5) is 28.0. The molecule has 0 atom stereocenters. The maximum absolute atomic E-state index is 12.1.